The summed E-state index contributed by atoms with van der Waals surface area (Å²) in [7, 11) is 3.62. The van der Waals surface area contributed by atoms with Crippen LogP contribution in [0.15, 0.2) is 36.5 Å². The van der Waals surface area contributed by atoms with Crippen molar-refractivity contribution in [1.29, 1.82) is 0 Å². The predicted octanol–water partition coefficient (Wildman–Crippen LogP) is 2.42. The summed E-state index contributed by atoms with van der Waals surface area (Å²) < 4.78 is 37.5. The SMILES string of the molecule is CN(C)c1nccc(CNC(=O)Cc2ccc(C(F)(F)F)cc2)n1. The minimum Gasteiger partial charge on any atom is -0.350 e. The molecule has 1 heterocycles. The van der Waals surface area contributed by atoms with Crippen LogP contribution >= 0.6 is 0 Å². The summed E-state index contributed by atoms with van der Waals surface area (Å²) in [5.74, 6) is 0.240. The highest BCUT2D eigenvalue weighted by atomic mass is 19.4. The molecule has 2 rings (SSSR count). The lowest BCUT2D eigenvalue weighted by atomic mass is 10.1. The topological polar surface area (TPSA) is 58.1 Å². The number of hydrogen-bond donors (Lipinski definition) is 1. The number of anilines is 1. The zero-order valence-electron chi connectivity index (χ0n) is 13.3. The Morgan fingerprint density at radius 1 is 1.17 bits per heavy atom. The molecule has 1 amide bonds. The van der Waals surface area contributed by atoms with Crippen LogP contribution in [0, 0.1) is 0 Å². The average molecular weight is 338 g/mol. The van der Waals surface area contributed by atoms with E-state index in [1.54, 1.807) is 17.2 Å². The first-order valence-electron chi connectivity index (χ1n) is 7.18. The van der Waals surface area contributed by atoms with Crippen molar-refractivity contribution >= 4 is 11.9 Å². The number of carbonyl (C=O) groups excluding carboxylic acids is 1. The molecule has 0 aliphatic carbocycles. The van der Waals surface area contributed by atoms with Gasteiger partial charge in [0.15, 0.2) is 0 Å². The smallest absolute Gasteiger partial charge is 0.350 e. The van der Waals surface area contributed by atoms with Gasteiger partial charge in [0.2, 0.25) is 11.9 Å². The van der Waals surface area contributed by atoms with Crippen LogP contribution in [0.25, 0.3) is 0 Å². The van der Waals surface area contributed by atoms with Gasteiger partial charge in [0.05, 0.1) is 24.2 Å². The molecule has 128 valence electrons. The monoisotopic (exact) mass is 338 g/mol. The molecule has 1 N–H and O–H groups in total. The van der Waals surface area contributed by atoms with E-state index >= 15 is 0 Å². The minimum absolute atomic E-state index is 0.00373. The van der Waals surface area contributed by atoms with Gasteiger partial charge in [0.25, 0.3) is 0 Å². The van der Waals surface area contributed by atoms with Gasteiger partial charge in [-0.3, -0.25) is 4.79 Å². The van der Waals surface area contributed by atoms with Gasteiger partial charge in [-0.2, -0.15) is 13.2 Å². The van der Waals surface area contributed by atoms with Crippen LogP contribution < -0.4 is 10.2 Å². The lowest BCUT2D eigenvalue weighted by Gasteiger charge is -2.11. The van der Waals surface area contributed by atoms with Crippen molar-refractivity contribution < 1.29 is 18.0 Å². The van der Waals surface area contributed by atoms with Crippen LogP contribution in [0.2, 0.25) is 0 Å². The Morgan fingerprint density at radius 2 is 1.83 bits per heavy atom. The summed E-state index contributed by atoms with van der Waals surface area (Å²) in [5.41, 5.74) is 0.426. The standard InChI is InChI=1S/C16H17F3N4O/c1-23(2)15-20-8-7-13(22-15)10-21-14(24)9-11-3-5-12(6-4-11)16(17,18)19/h3-8H,9-10H2,1-2H3,(H,21,24). The second kappa shape index (κ2) is 7.29. The Bertz CT molecular complexity index is 699. The number of carbonyl (C=O) groups is 1. The minimum atomic E-state index is -4.38. The molecule has 24 heavy (non-hydrogen) atoms. The van der Waals surface area contributed by atoms with E-state index in [4.69, 9.17) is 0 Å². The summed E-state index contributed by atoms with van der Waals surface area (Å²) in [6.45, 7) is 0.225. The van der Waals surface area contributed by atoms with E-state index in [0.717, 1.165) is 12.1 Å². The molecule has 0 aliphatic rings. The summed E-state index contributed by atoms with van der Waals surface area (Å²) in [5, 5.41) is 2.69. The van der Waals surface area contributed by atoms with E-state index in [-0.39, 0.29) is 18.9 Å². The molecular weight excluding hydrogens is 321 g/mol. The van der Waals surface area contributed by atoms with Crippen molar-refractivity contribution in [3.63, 3.8) is 0 Å². The third-order valence-corrected chi connectivity index (χ3v) is 3.21. The highest BCUT2D eigenvalue weighted by Gasteiger charge is 2.29. The van der Waals surface area contributed by atoms with Gasteiger partial charge in [-0.15, -0.1) is 0 Å². The number of hydrogen-bond acceptors (Lipinski definition) is 4. The first-order valence-corrected chi connectivity index (χ1v) is 7.18. The molecule has 1 aromatic carbocycles. The van der Waals surface area contributed by atoms with Crippen LogP contribution in [0.1, 0.15) is 16.8 Å². The van der Waals surface area contributed by atoms with E-state index in [2.05, 4.69) is 15.3 Å². The fourth-order valence-electron chi connectivity index (χ4n) is 1.95. The molecule has 0 unspecified atom stereocenters. The Morgan fingerprint density at radius 3 is 2.42 bits per heavy atom. The number of rotatable bonds is 5. The van der Waals surface area contributed by atoms with Gasteiger partial charge < -0.3 is 10.2 Å². The maximum Gasteiger partial charge on any atom is 0.416 e. The number of alkyl halides is 3. The van der Waals surface area contributed by atoms with Crippen molar-refractivity contribution in [2.45, 2.75) is 19.1 Å². The molecular formula is C16H17F3N4O. The van der Waals surface area contributed by atoms with Gasteiger partial charge in [-0.25, -0.2) is 9.97 Å². The summed E-state index contributed by atoms with van der Waals surface area (Å²) in [6, 6.07) is 6.23. The number of halogens is 3. The zero-order valence-corrected chi connectivity index (χ0v) is 13.3. The molecule has 0 fully saturated rings. The van der Waals surface area contributed by atoms with Crippen molar-refractivity contribution in [3.05, 3.63) is 53.3 Å². The number of aromatic nitrogens is 2. The largest absolute Gasteiger partial charge is 0.416 e. The van der Waals surface area contributed by atoms with Gasteiger partial charge in [-0.1, -0.05) is 12.1 Å². The fraction of sp³-hybridized carbons (Fsp3) is 0.312. The number of benzene rings is 1. The fourth-order valence-corrected chi connectivity index (χ4v) is 1.95. The van der Waals surface area contributed by atoms with E-state index in [0.29, 0.717) is 17.2 Å². The molecule has 0 saturated carbocycles. The maximum absolute atomic E-state index is 12.5. The Balaban J connectivity index is 1.90. The van der Waals surface area contributed by atoms with Crippen LogP contribution in [0.3, 0.4) is 0 Å². The molecule has 1 aromatic heterocycles. The highest BCUT2D eigenvalue weighted by Crippen LogP contribution is 2.29. The summed E-state index contributed by atoms with van der Waals surface area (Å²) >= 11 is 0. The van der Waals surface area contributed by atoms with Crippen LogP contribution in [-0.2, 0) is 23.9 Å². The number of amides is 1. The second-order valence-corrected chi connectivity index (χ2v) is 5.39. The molecule has 8 heteroatoms. The summed E-state index contributed by atoms with van der Waals surface area (Å²) in [6.07, 6.45) is -2.78. The first kappa shape index (κ1) is 17.7. The maximum atomic E-state index is 12.5. The van der Waals surface area contributed by atoms with Crippen LogP contribution in [0.5, 0.6) is 0 Å². The van der Waals surface area contributed by atoms with Crippen LogP contribution in [-0.4, -0.2) is 30.0 Å². The van der Waals surface area contributed by atoms with Crippen molar-refractivity contribution in [2.24, 2.45) is 0 Å². The Labute approximate surface area is 137 Å². The summed E-state index contributed by atoms with van der Waals surface area (Å²) in [4.78, 5) is 22.0. The molecule has 0 bridgehead atoms. The van der Waals surface area contributed by atoms with Crippen LogP contribution in [0.4, 0.5) is 19.1 Å². The van der Waals surface area contributed by atoms with Gasteiger partial charge in [-0.05, 0) is 23.8 Å². The molecule has 0 atom stereocenters. The van der Waals surface area contributed by atoms with E-state index in [1.807, 2.05) is 14.1 Å². The van der Waals surface area contributed by atoms with Gasteiger partial charge in [0.1, 0.15) is 0 Å². The third-order valence-electron chi connectivity index (χ3n) is 3.21. The Kier molecular flexibility index (Phi) is 5.38. The number of nitrogens with one attached hydrogen (secondary N) is 1. The Hall–Kier alpha value is -2.64. The van der Waals surface area contributed by atoms with Gasteiger partial charge in [0, 0.05) is 20.3 Å². The van der Waals surface area contributed by atoms with Crippen molar-refractivity contribution in [1.82, 2.24) is 15.3 Å². The normalized spacial score (nSPS) is 11.2. The molecule has 0 spiro atoms. The molecule has 0 radical (unpaired) electrons. The lowest BCUT2D eigenvalue weighted by Crippen LogP contribution is -2.25. The van der Waals surface area contributed by atoms with Crippen molar-refractivity contribution in [3.8, 4) is 0 Å². The average Bonchev–Trinajstić information content (AvgIpc) is 2.53. The van der Waals surface area contributed by atoms with Gasteiger partial charge >= 0.3 is 6.18 Å². The van der Waals surface area contributed by atoms with Crippen molar-refractivity contribution in [2.75, 3.05) is 19.0 Å². The lowest BCUT2D eigenvalue weighted by molar-refractivity contribution is -0.137. The number of nitrogens with zero attached hydrogens (tertiary/aromatic N) is 3. The molecule has 0 aliphatic heterocycles. The zero-order chi connectivity index (χ0) is 17.7. The second-order valence-electron chi connectivity index (χ2n) is 5.39. The highest BCUT2D eigenvalue weighted by molar-refractivity contribution is 5.78. The molecule has 2 aromatic rings. The predicted molar refractivity (Wildman–Crippen MR) is 83.4 cm³/mol. The van der Waals surface area contributed by atoms with E-state index in [9.17, 15) is 18.0 Å². The first-order chi connectivity index (χ1) is 11.3. The molecule has 5 nitrogen and oxygen atoms in total. The van der Waals surface area contributed by atoms with E-state index in [1.165, 1.54) is 12.1 Å². The quantitative estimate of drug-likeness (QED) is 0.910. The third kappa shape index (κ3) is 4.94. The van der Waals surface area contributed by atoms with E-state index < -0.39 is 11.7 Å². The molecule has 0 saturated heterocycles.